The van der Waals surface area contributed by atoms with E-state index in [1.54, 1.807) is 0 Å². The molecule has 1 aromatic heterocycles. The molecule has 31 heavy (non-hydrogen) atoms. The summed E-state index contributed by atoms with van der Waals surface area (Å²) in [6.45, 7) is 3.46. The van der Waals surface area contributed by atoms with Crippen LogP contribution >= 0.6 is 24.8 Å². The summed E-state index contributed by atoms with van der Waals surface area (Å²) in [5, 5.41) is 14.2. The van der Waals surface area contributed by atoms with Gasteiger partial charge in [0, 0.05) is 11.6 Å². The summed E-state index contributed by atoms with van der Waals surface area (Å²) in [7, 11) is 0. The summed E-state index contributed by atoms with van der Waals surface area (Å²) in [5.74, 6) is 0.126. The van der Waals surface area contributed by atoms with E-state index in [0.29, 0.717) is 6.17 Å². The molecule has 3 unspecified atom stereocenters. The minimum Gasteiger partial charge on any atom is -0.481 e. The van der Waals surface area contributed by atoms with Crippen LogP contribution in [0.25, 0.3) is 10.9 Å². The molecule has 0 spiro atoms. The first-order valence-corrected chi connectivity index (χ1v) is 11.2. The Hall–Kier alpha value is -1.40. The molecule has 1 aromatic carbocycles. The number of hydrogen-bond acceptors (Lipinski definition) is 4. The monoisotopic (exact) mass is 467 g/mol. The van der Waals surface area contributed by atoms with Gasteiger partial charge in [-0.15, -0.1) is 24.8 Å². The van der Waals surface area contributed by atoms with Crippen LogP contribution < -0.4 is 5.32 Å². The predicted octanol–water partition coefficient (Wildman–Crippen LogP) is 5.23. The number of benzene rings is 1. The maximum absolute atomic E-state index is 11.4. The molecule has 0 bridgehead atoms. The number of nitrogens with one attached hydrogen (secondary N) is 1. The zero-order valence-electron chi connectivity index (χ0n) is 18.0. The van der Waals surface area contributed by atoms with Gasteiger partial charge in [-0.1, -0.05) is 24.6 Å². The lowest BCUT2D eigenvalue weighted by Gasteiger charge is -2.44. The van der Waals surface area contributed by atoms with E-state index in [1.165, 1.54) is 32.2 Å². The van der Waals surface area contributed by atoms with Crippen molar-refractivity contribution in [1.82, 2.24) is 15.2 Å². The number of aliphatic carboxylic acids is 1. The van der Waals surface area contributed by atoms with Crippen LogP contribution in [0.1, 0.15) is 62.8 Å². The second-order valence-corrected chi connectivity index (χ2v) is 8.73. The number of aromatic nitrogens is 1. The summed E-state index contributed by atoms with van der Waals surface area (Å²) in [5.41, 5.74) is 2.02. The van der Waals surface area contributed by atoms with Crippen molar-refractivity contribution in [2.75, 3.05) is 19.6 Å². The van der Waals surface area contributed by atoms with E-state index < -0.39 is 5.97 Å². The van der Waals surface area contributed by atoms with Gasteiger partial charge in [0.05, 0.1) is 18.1 Å². The summed E-state index contributed by atoms with van der Waals surface area (Å²) < 4.78 is 0. The summed E-state index contributed by atoms with van der Waals surface area (Å²) in [6, 6.07) is 10.2. The van der Waals surface area contributed by atoms with Crippen LogP contribution in [0.15, 0.2) is 36.5 Å². The number of halogens is 2. The molecule has 3 heterocycles. The molecule has 4 rings (SSSR count). The van der Waals surface area contributed by atoms with Crippen LogP contribution in [0.2, 0.25) is 0 Å². The van der Waals surface area contributed by atoms with Gasteiger partial charge < -0.3 is 10.4 Å². The fraction of sp³-hybridized carbons (Fsp3) is 0.583. The number of carboxylic acids is 1. The van der Waals surface area contributed by atoms with Gasteiger partial charge in [-0.25, -0.2) is 0 Å². The molecule has 0 saturated carbocycles. The van der Waals surface area contributed by atoms with Crippen molar-refractivity contribution in [3.05, 3.63) is 42.1 Å². The van der Waals surface area contributed by atoms with Crippen molar-refractivity contribution in [1.29, 1.82) is 0 Å². The second kappa shape index (κ2) is 12.6. The first kappa shape index (κ1) is 25.9. The Morgan fingerprint density at radius 3 is 2.84 bits per heavy atom. The topological polar surface area (TPSA) is 65.5 Å². The number of fused-ring (bicyclic) bond motifs is 2. The van der Waals surface area contributed by atoms with Gasteiger partial charge in [0.25, 0.3) is 0 Å². The number of unbranched alkanes of at least 4 members (excludes halogenated alkanes) is 1. The molecule has 0 aliphatic carbocycles. The zero-order chi connectivity index (χ0) is 20.1. The largest absolute Gasteiger partial charge is 0.481 e. The highest BCUT2D eigenvalue weighted by Crippen LogP contribution is 2.30. The van der Waals surface area contributed by atoms with Gasteiger partial charge in [0.2, 0.25) is 0 Å². The first-order valence-electron chi connectivity index (χ1n) is 11.2. The van der Waals surface area contributed by atoms with Crippen LogP contribution in [-0.4, -0.2) is 46.8 Å². The van der Waals surface area contributed by atoms with E-state index >= 15 is 0 Å². The first-order chi connectivity index (χ1) is 14.2. The summed E-state index contributed by atoms with van der Waals surface area (Å²) in [4.78, 5) is 18.6. The normalized spacial score (nSPS) is 22.1. The lowest BCUT2D eigenvalue weighted by molar-refractivity contribution is -0.137. The van der Waals surface area contributed by atoms with Crippen molar-refractivity contribution in [2.24, 2.45) is 5.92 Å². The number of rotatable bonds is 8. The average Bonchev–Trinajstić information content (AvgIpc) is 2.75. The van der Waals surface area contributed by atoms with Crippen molar-refractivity contribution in [3.8, 4) is 0 Å². The Labute approximate surface area is 197 Å². The van der Waals surface area contributed by atoms with Gasteiger partial charge >= 0.3 is 5.97 Å². The van der Waals surface area contributed by atoms with Crippen LogP contribution in [-0.2, 0) is 4.79 Å². The Bertz CT molecular complexity index is 833. The van der Waals surface area contributed by atoms with Crippen molar-refractivity contribution in [3.63, 3.8) is 0 Å². The number of pyridine rings is 1. The smallest absolute Gasteiger partial charge is 0.303 e. The summed E-state index contributed by atoms with van der Waals surface area (Å²) >= 11 is 0. The lowest BCUT2D eigenvalue weighted by atomic mass is 9.87. The molecular weight excluding hydrogens is 433 g/mol. The molecule has 172 valence electrons. The zero-order valence-corrected chi connectivity index (χ0v) is 19.7. The number of carbonyl (C=O) groups is 1. The van der Waals surface area contributed by atoms with Crippen molar-refractivity contribution >= 4 is 41.7 Å². The molecule has 0 radical (unpaired) electrons. The van der Waals surface area contributed by atoms with Crippen LogP contribution in [0.4, 0.5) is 0 Å². The fourth-order valence-corrected chi connectivity index (χ4v) is 5.23. The number of para-hydroxylation sites is 1. The minimum atomic E-state index is -0.728. The van der Waals surface area contributed by atoms with Crippen LogP contribution in [0, 0.1) is 5.92 Å². The Kier molecular flexibility index (Phi) is 10.5. The Balaban J connectivity index is 0.00000171. The SMILES string of the molecule is Cl.Cl.O=C(O)CC(CCCCN1CCCC2CCCNC21)c1cnc2ccccc2c1. The highest BCUT2D eigenvalue weighted by atomic mass is 35.5. The Morgan fingerprint density at radius 1 is 1.19 bits per heavy atom. The van der Waals surface area contributed by atoms with E-state index in [0.717, 1.165) is 54.7 Å². The van der Waals surface area contributed by atoms with Gasteiger partial charge in [-0.05, 0) is 87.7 Å². The van der Waals surface area contributed by atoms with Crippen LogP contribution in [0.5, 0.6) is 0 Å². The Morgan fingerprint density at radius 2 is 2.00 bits per heavy atom. The molecule has 2 aliphatic rings. The molecule has 2 fully saturated rings. The molecular formula is C24H35Cl2N3O2. The van der Waals surface area contributed by atoms with Crippen LogP contribution in [0.3, 0.4) is 0 Å². The second-order valence-electron chi connectivity index (χ2n) is 8.73. The highest BCUT2D eigenvalue weighted by molar-refractivity contribution is 5.85. The van der Waals surface area contributed by atoms with Crippen molar-refractivity contribution < 1.29 is 9.90 Å². The molecule has 0 amide bonds. The molecule has 5 nitrogen and oxygen atoms in total. The van der Waals surface area contributed by atoms with Gasteiger partial charge in [-0.3, -0.25) is 14.7 Å². The fourth-order valence-electron chi connectivity index (χ4n) is 5.23. The minimum absolute atomic E-state index is 0. The maximum Gasteiger partial charge on any atom is 0.303 e. The number of nitrogens with zero attached hydrogens (tertiary/aromatic N) is 2. The van der Waals surface area contributed by atoms with E-state index in [-0.39, 0.29) is 37.2 Å². The molecule has 2 aliphatic heterocycles. The van der Waals surface area contributed by atoms with E-state index in [9.17, 15) is 9.90 Å². The van der Waals surface area contributed by atoms with Gasteiger partial charge in [-0.2, -0.15) is 0 Å². The quantitative estimate of drug-likeness (QED) is 0.520. The van der Waals surface area contributed by atoms with Gasteiger partial charge in [0.15, 0.2) is 0 Å². The molecule has 2 N–H and O–H groups in total. The standard InChI is InChI=1S/C24H33N3O2.2ClH/c28-23(29)16-19(21-15-20-8-1-2-11-22(20)26-17-21)7-3-4-13-27-14-6-10-18-9-5-12-25-24(18)27;;/h1-2,8,11,15,17-19,24-25H,3-7,9-10,12-14,16H2,(H,28,29);2*1H. The molecule has 3 atom stereocenters. The molecule has 2 saturated heterocycles. The third kappa shape index (κ3) is 6.79. The van der Waals surface area contributed by atoms with Gasteiger partial charge in [0.1, 0.15) is 0 Å². The molecule has 7 heteroatoms. The van der Waals surface area contributed by atoms with E-state index in [1.807, 2.05) is 30.5 Å². The number of hydrogen-bond donors (Lipinski definition) is 2. The number of piperidine rings is 2. The third-order valence-corrected chi connectivity index (χ3v) is 6.72. The average molecular weight is 468 g/mol. The van der Waals surface area contributed by atoms with E-state index in [2.05, 4.69) is 21.3 Å². The third-order valence-electron chi connectivity index (χ3n) is 6.72. The van der Waals surface area contributed by atoms with E-state index in [4.69, 9.17) is 0 Å². The predicted molar refractivity (Wildman–Crippen MR) is 130 cm³/mol. The highest BCUT2D eigenvalue weighted by Gasteiger charge is 2.32. The van der Waals surface area contributed by atoms with Crippen molar-refractivity contribution in [2.45, 2.75) is 63.5 Å². The number of likely N-dealkylation sites (tertiary alicyclic amines) is 1. The number of carboxylic acid groups (broad SMARTS) is 1. The molecule has 2 aromatic rings. The summed E-state index contributed by atoms with van der Waals surface area (Å²) in [6.07, 6.45) is 11.1. The lowest BCUT2D eigenvalue weighted by Crippen LogP contribution is -2.56. The maximum atomic E-state index is 11.4.